The van der Waals surface area contributed by atoms with Crippen LogP contribution in [0.2, 0.25) is 0 Å². The Labute approximate surface area is 360 Å². The third-order valence-electron chi connectivity index (χ3n) is 11.0. The molecule has 0 radical (unpaired) electrons. The van der Waals surface area contributed by atoms with Crippen LogP contribution in [0.4, 0.5) is 13.2 Å². The Kier molecular flexibility index (Phi) is 27.9. The summed E-state index contributed by atoms with van der Waals surface area (Å²) >= 11 is 0. The topological polar surface area (TPSA) is 36.9 Å². The molecule has 4 fully saturated rings. The van der Waals surface area contributed by atoms with Crippen molar-refractivity contribution >= 4 is 0 Å². The Bertz CT molecular complexity index is 1340. The van der Waals surface area contributed by atoms with Gasteiger partial charge in [-0.1, -0.05) is 108 Å². The quantitative estimate of drug-likeness (QED) is 0.226. The summed E-state index contributed by atoms with van der Waals surface area (Å²) in [6.07, 6.45) is 12.2. The third-order valence-corrected chi connectivity index (χ3v) is 11.0. The highest BCUT2D eigenvalue weighted by atomic mass is 19.1. The summed E-state index contributed by atoms with van der Waals surface area (Å²) in [5.41, 5.74) is 5.04. The van der Waals surface area contributed by atoms with Gasteiger partial charge in [0.15, 0.2) is 6.29 Å². The molecule has 4 aliphatic rings. The largest absolute Gasteiger partial charge is 0.378 e. The van der Waals surface area contributed by atoms with Gasteiger partial charge in [0.25, 0.3) is 0 Å². The lowest BCUT2D eigenvalue weighted by molar-refractivity contribution is -0.187. The minimum atomic E-state index is -0.475. The Balaban J connectivity index is 0.000000676. The van der Waals surface area contributed by atoms with Crippen molar-refractivity contribution in [2.24, 2.45) is 29.6 Å². The van der Waals surface area contributed by atoms with E-state index in [0.717, 1.165) is 55.7 Å². The van der Waals surface area contributed by atoms with Gasteiger partial charge in [-0.2, -0.15) is 0 Å². The number of aryl methyl sites for hydroxylation is 5. The summed E-state index contributed by atoms with van der Waals surface area (Å²) in [5.74, 6) is 3.14. The van der Waals surface area contributed by atoms with Crippen LogP contribution in [0.5, 0.6) is 0 Å². The molecular formula is C52H85F3O4. The molecule has 3 heterocycles. The molecular weight excluding hydrogens is 746 g/mol. The molecule has 1 saturated carbocycles. The zero-order valence-electron chi connectivity index (χ0n) is 39.6. The summed E-state index contributed by atoms with van der Waals surface area (Å²) in [6.45, 7) is 32.1. The molecule has 0 aromatic heterocycles. The van der Waals surface area contributed by atoms with Gasteiger partial charge in [-0.05, 0) is 147 Å². The van der Waals surface area contributed by atoms with Gasteiger partial charge in [-0.15, -0.1) is 0 Å². The first kappa shape index (κ1) is 54.3. The van der Waals surface area contributed by atoms with E-state index < -0.39 is 11.6 Å². The normalized spacial score (nSPS) is 26.0. The van der Waals surface area contributed by atoms with Crippen LogP contribution in [-0.2, 0) is 18.9 Å². The Morgan fingerprint density at radius 3 is 1.03 bits per heavy atom. The maximum atomic E-state index is 12.6. The standard InChI is InChI=1S/C8H8F2.C8H9F.C8H16.C8H10.2C7H14O.C6H12O2.H2/c1-5-3-7(9)6(2)8(10)4-5;1-6-3-4-7(2)8(9)5-6;2*1-7-3-5-8(2)6-4-7;2*1-6-3-4-7(2)8-5-6;1-5-3-7-6(2)8-4-5;/h3-4H,1-2H3;3-5H,1-2H3;7-8H,3-6H2,1-2H3;3-6H,1-2H3;2*6-7H,3-5H2,1-2H3;5-6H,3-4H2,1-2H3;1H. The van der Waals surface area contributed by atoms with Crippen molar-refractivity contribution < 1.29 is 33.5 Å². The number of benzene rings is 3. The van der Waals surface area contributed by atoms with Crippen LogP contribution in [0, 0.1) is 88.6 Å². The van der Waals surface area contributed by atoms with Gasteiger partial charge in [0.1, 0.15) is 17.5 Å². The molecule has 7 rings (SSSR count). The van der Waals surface area contributed by atoms with E-state index in [2.05, 4.69) is 86.6 Å². The van der Waals surface area contributed by atoms with Crippen molar-refractivity contribution in [2.45, 2.75) is 167 Å². The Morgan fingerprint density at radius 1 is 0.390 bits per heavy atom. The molecule has 1 aliphatic carbocycles. The molecule has 4 nitrogen and oxygen atoms in total. The maximum absolute atomic E-state index is 12.6. The molecule has 338 valence electrons. The number of halogens is 3. The van der Waals surface area contributed by atoms with E-state index in [1.54, 1.807) is 19.9 Å². The summed E-state index contributed by atoms with van der Waals surface area (Å²) < 4.78 is 58.9. The highest BCUT2D eigenvalue weighted by Crippen LogP contribution is 2.27. The zero-order chi connectivity index (χ0) is 44.5. The van der Waals surface area contributed by atoms with Crippen LogP contribution in [0.3, 0.4) is 0 Å². The summed E-state index contributed by atoms with van der Waals surface area (Å²) in [4.78, 5) is 0. The summed E-state index contributed by atoms with van der Waals surface area (Å²) in [5, 5.41) is 0. The van der Waals surface area contributed by atoms with Crippen LogP contribution < -0.4 is 0 Å². The average molecular weight is 831 g/mol. The molecule has 3 aromatic carbocycles. The lowest BCUT2D eigenvalue weighted by Gasteiger charge is -2.24. The molecule has 0 N–H and O–H groups in total. The first-order valence-corrected chi connectivity index (χ1v) is 22.4. The third kappa shape index (κ3) is 27.0. The van der Waals surface area contributed by atoms with E-state index >= 15 is 0 Å². The van der Waals surface area contributed by atoms with E-state index in [1.807, 2.05) is 19.9 Å². The molecule has 4 atom stereocenters. The lowest BCUT2D eigenvalue weighted by Crippen LogP contribution is -2.27. The molecule has 0 amide bonds. The minimum Gasteiger partial charge on any atom is -0.378 e. The number of hydrogen-bond donors (Lipinski definition) is 0. The molecule has 4 unspecified atom stereocenters. The van der Waals surface area contributed by atoms with Crippen molar-refractivity contribution in [1.29, 1.82) is 0 Å². The lowest BCUT2D eigenvalue weighted by atomic mass is 9.84. The van der Waals surface area contributed by atoms with Crippen molar-refractivity contribution in [3.05, 3.63) is 105 Å². The number of rotatable bonds is 0. The highest BCUT2D eigenvalue weighted by molar-refractivity contribution is 5.24. The van der Waals surface area contributed by atoms with Crippen molar-refractivity contribution in [3.8, 4) is 0 Å². The minimum absolute atomic E-state index is 0. The molecule has 7 heteroatoms. The van der Waals surface area contributed by atoms with E-state index in [4.69, 9.17) is 18.9 Å². The van der Waals surface area contributed by atoms with E-state index in [9.17, 15) is 13.2 Å². The average Bonchev–Trinajstić information content (AvgIpc) is 3.19. The molecule has 0 spiro atoms. The highest BCUT2D eigenvalue weighted by Gasteiger charge is 2.15. The Hall–Kier alpha value is -2.71. The van der Waals surface area contributed by atoms with Crippen LogP contribution in [-0.4, -0.2) is 44.9 Å². The SMILES string of the molecule is CC1CCC(C)CC1.CC1CCC(C)OC1.CC1CCC(C)OC1.CC1COC(C)OC1.Cc1cc(F)c(C)c(F)c1.Cc1ccc(C)c(F)c1.Cc1ccc(C)cc1.[HH]. The fourth-order valence-corrected chi connectivity index (χ4v) is 6.26. The summed E-state index contributed by atoms with van der Waals surface area (Å²) in [7, 11) is 0. The second-order valence-electron chi connectivity index (χ2n) is 18.1. The first-order valence-electron chi connectivity index (χ1n) is 22.4. The van der Waals surface area contributed by atoms with Gasteiger partial charge >= 0.3 is 0 Å². The van der Waals surface area contributed by atoms with Gasteiger partial charge in [0.05, 0.1) is 25.4 Å². The zero-order valence-corrected chi connectivity index (χ0v) is 39.6. The van der Waals surface area contributed by atoms with E-state index in [1.165, 1.54) is 87.6 Å². The fourth-order valence-electron chi connectivity index (χ4n) is 6.26. The predicted molar refractivity (Wildman–Crippen MR) is 245 cm³/mol. The molecule has 3 aromatic rings. The number of ether oxygens (including phenoxy) is 4. The van der Waals surface area contributed by atoms with Crippen LogP contribution in [0.15, 0.2) is 54.6 Å². The van der Waals surface area contributed by atoms with Gasteiger partial charge in [0.2, 0.25) is 0 Å². The first-order chi connectivity index (χ1) is 27.7. The van der Waals surface area contributed by atoms with Crippen LogP contribution in [0.25, 0.3) is 0 Å². The second-order valence-corrected chi connectivity index (χ2v) is 18.1. The van der Waals surface area contributed by atoms with Crippen molar-refractivity contribution in [2.75, 3.05) is 26.4 Å². The summed E-state index contributed by atoms with van der Waals surface area (Å²) in [6, 6.07) is 16.3. The van der Waals surface area contributed by atoms with Gasteiger partial charge in [0, 0.05) is 26.1 Å². The number of hydrogen-bond acceptors (Lipinski definition) is 4. The van der Waals surface area contributed by atoms with Gasteiger partial charge in [-0.3, -0.25) is 0 Å². The Morgan fingerprint density at radius 2 is 0.729 bits per heavy atom. The van der Waals surface area contributed by atoms with Crippen LogP contribution in [0.1, 0.15) is 142 Å². The van der Waals surface area contributed by atoms with E-state index in [-0.39, 0.29) is 19.1 Å². The monoisotopic (exact) mass is 831 g/mol. The van der Waals surface area contributed by atoms with Crippen LogP contribution >= 0.6 is 0 Å². The van der Waals surface area contributed by atoms with Gasteiger partial charge in [-0.25, -0.2) is 13.2 Å². The predicted octanol–water partition coefficient (Wildman–Crippen LogP) is 15.1. The molecule has 3 aliphatic heterocycles. The molecule has 3 saturated heterocycles. The maximum Gasteiger partial charge on any atom is 0.154 e. The molecule has 59 heavy (non-hydrogen) atoms. The van der Waals surface area contributed by atoms with E-state index in [0.29, 0.717) is 29.3 Å². The second kappa shape index (κ2) is 30.3. The fraction of sp³-hybridized carbons (Fsp3) is 0.654. The smallest absolute Gasteiger partial charge is 0.154 e. The van der Waals surface area contributed by atoms with Crippen molar-refractivity contribution in [1.82, 2.24) is 0 Å². The van der Waals surface area contributed by atoms with Gasteiger partial charge < -0.3 is 18.9 Å². The van der Waals surface area contributed by atoms with Crippen molar-refractivity contribution in [3.63, 3.8) is 0 Å². The molecule has 0 bridgehead atoms.